The minimum absolute atomic E-state index is 0.127. The Labute approximate surface area is 125 Å². The summed E-state index contributed by atoms with van der Waals surface area (Å²) in [5, 5.41) is 9.39. The van der Waals surface area contributed by atoms with Crippen molar-refractivity contribution in [3.63, 3.8) is 0 Å². The fourth-order valence-corrected chi connectivity index (χ4v) is 3.04. The summed E-state index contributed by atoms with van der Waals surface area (Å²) in [5.41, 5.74) is 3.32. The van der Waals surface area contributed by atoms with Crippen LogP contribution >= 0.6 is 0 Å². The van der Waals surface area contributed by atoms with Crippen LogP contribution in [0.2, 0.25) is 0 Å². The lowest BCUT2D eigenvalue weighted by atomic mass is 10.2. The number of fused-ring (bicyclic) bond motifs is 1. The van der Waals surface area contributed by atoms with Crippen molar-refractivity contribution in [1.82, 2.24) is 14.5 Å². The molecule has 1 atom stereocenters. The second kappa shape index (κ2) is 6.13. The molecule has 114 valence electrons. The van der Waals surface area contributed by atoms with Crippen LogP contribution in [0.1, 0.15) is 24.4 Å². The van der Waals surface area contributed by atoms with Gasteiger partial charge in [-0.1, -0.05) is 6.07 Å². The fraction of sp³-hybridized carbons (Fsp3) is 0.562. The standard InChI is InChI=1S/C16H23N3O2/c1-12-3-4-15-14(11-12)17-16(19(15)5-8-20)13(2)18-6-9-21-10-7-18/h3-4,11,13,20H,5-10H2,1-2H3. The van der Waals surface area contributed by atoms with Crippen LogP contribution < -0.4 is 0 Å². The third-order valence-corrected chi connectivity index (χ3v) is 4.22. The molecule has 0 saturated carbocycles. The van der Waals surface area contributed by atoms with Gasteiger partial charge in [-0.2, -0.15) is 0 Å². The summed E-state index contributed by atoms with van der Waals surface area (Å²) in [5.74, 6) is 1.03. The highest BCUT2D eigenvalue weighted by molar-refractivity contribution is 5.77. The van der Waals surface area contributed by atoms with Crippen molar-refractivity contribution in [2.45, 2.75) is 26.4 Å². The van der Waals surface area contributed by atoms with E-state index >= 15 is 0 Å². The van der Waals surface area contributed by atoms with Crippen molar-refractivity contribution in [2.24, 2.45) is 0 Å². The molecule has 3 rings (SSSR count). The number of aromatic nitrogens is 2. The van der Waals surface area contributed by atoms with E-state index in [-0.39, 0.29) is 12.6 Å². The lowest BCUT2D eigenvalue weighted by Crippen LogP contribution is -2.39. The van der Waals surface area contributed by atoms with Gasteiger partial charge < -0.3 is 14.4 Å². The Kier molecular flexibility index (Phi) is 4.24. The maximum absolute atomic E-state index is 9.39. The molecule has 1 unspecified atom stereocenters. The number of aryl methyl sites for hydroxylation is 1. The molecule has 5 heteroatoms. The zero-order chi connectivity index (χ0) is 14.8. The first-order valence-electron chi connectivity index (χ1n) is 7.60. The highest BCUT2D eigenvalue weighted by Crippen LogP contribution is 2.26. The fourth-order valence-electron chi connectivity index (χ4n) is 3.04. The summed E-state index contributed by atoms with van der Waals surface area (Å²) >= 11 is 0. The average Bonchev–Trinajstić information content (AvgIpc) is 2.85. The number of hydrogen-bond donors (Lipinski definition) is 1. The summed E-state index contributed by atoms with van der Waals surface area (Å²) in [7, 11) is 0. The molecule has 0 spiro atoms. The third kappa shape index (κ3) is 2.81. The van der Waals surface area contributed by atoms with Crippen molar-refractivity contribution in [3.05, 3.63) is 29.6 Å². The maximum Gasteiger partial charge on any atom is 0.127 e. The molecule has 1 saturated heterocycles. The van der Waals surface area contributed by atoms with Crippen LogP contribution in [0.4, 0.5) is 0 Å². The van der Waals surface area contributed by atoms with E-state index in [0.717, 1.165) is 43.2 Å². The number of aliphatic hydroxyl groups is 1. The van der Waals surface area contributed by atoms with Gasteiger partial charge in [0, 0.05) is 19.6 Å². The molecule has 1 N–H and O–H groups in total. The van der Waals surface area contributed by atoms with Gasteiger partial charge in [-0.25, -0.2) is 4.98 Å². The zero-order valence-corrected chi connectivity index (χ0v) is 12.7. The number of nitrogens with zero attached hydrogens (tertiary/aromatic N) is 3. The maximum atomic E-state index is 9.39. The van der Waals surface area contributed by atoms with Crippen LogP contribution in [-0.2, 0) is 11.3 Å². The molecule has 1 aliphatic heterocycles. The van der Waals surface area contributed by atoms with E-state index in [2.05, 4.69) is 41.5 Å². The first kappa shape index (κ1) is 14.5. The van der Waals surface area contributed by atoms with Gasteiger partial charge in [-0.3, -0.25) is 4.90 Å². The van der Waals surface area contributed by atoms with Gasteiger partial charge in [-0.05, 0) is 31.5 Å². The topological polar surface area (TPSA) is 50.5 Å². The van der Waals surface area contributed by atoms with Gasteiger partial charge in [0.15, 0.2) is 0 Å². The van der Waals surface area contributed by atoms with Crippen molar-refractivity contribution in [3.8, 4) is 0 Å². The Morgan fingerprint density at radius 3 is 2.81 bits per heavy atom. The molecule has 0 amide bonds. The van der Waals surface area contributed by atoms with Crippen LogP contribution in [-0.4, -0.2) is 52.5 Å². The quantitative estimate of drug-likeness (QED) is 0.931. The minimum atomic E-state index is 0.127. The number of ether oxygens (including phenoxy) is 1. The molecule has 1 aromatic carbocycles. The van der Waals surface area contributed by atoms with E-state index < -0.39 is 0 Å². The van der Waals surface area contributed by atoms with E-state index in [0.29, 0.717) is 6.54 Å². The second-order valence-corrected chi connectivity index (χ2v) is 5.66. The normalized spacial score (nSPS) is 18.2. The third-order valence-electron chi connectivity index (χ3n) is 4.22. The van der Waals surface area contributed by atoms with Gasteiger partial charge in [0.05, 0.1) is 36.9 Å². The number of morpholine rings is 1. The van der Waals surface area contributed by atoms with Crippen LogP contribution in [0.3, 0.4) is 0 Å². The molecule has 2 aromatic rings. The Morgan fingerprint density at radius 1 is 1.33 bits per heavy atom. The average molecular weight is 289 g/mol. The first-order valence-corrected chi connectivity index (χ1v) is 7.60. The highest BCUT2D eigenvalue weighted by Gasteiger charge is 2.23. The van der Waals surface area contributed by atoms with Crippen LogP contribution in [0.15, 0.2) is 18.2 Å². The molecule has 0 radical (unpaired) electrons. The van der Waals surface area contributed by atoms with E-state index in [9.17, 15) is 5.11 Å². The van der Waals surface area contributed by atoms with Crippen molar-refractivity contribution < 1.29 is 9.84 Å². The molecule has 21 heavy (non-hydrogen) atoms. The second-order valence-electron chi connectivity index (χ2n) is 5.66. The van der Waals surface area contributed by atoms with E-state index in [1.165, 1.54) is 5.56 Å². The Hall–Kier alpha value is -1.43. The zero-order valence-electron chi connectivity index (χ0n) is 12.7. The summed E-state index contributed by atoms with van der Waals surface area (Å²) in [6, 6.07) is 6.54. The van der Waals surface area contributed by atoms with Crippen LogP contribution in [0, 0.1) is 6.92 Å². The van der Waals surface area contributed by atoms with Gasteiger partial charge in [0.2, 0.25) is 0 Å². The Bertz CT molecular complexity index is 617. The van der Waals surface area contributed by atoms with Crippen molar-refractivity contribution in [2.75, 3.05) is 32.9 Å². The molecule has 1 fully saturated rings. The molecule has 5 nitrogen and oxygen atoms in total. The van der Waals surface area contributed by atoms with E-state index in [1.807, 2.05) is 0 Å². The summed E-state index contributed by atoms with van der Waals surface area (Å²) in [6.07, 6.45) is 0. The Morgan fingerprint density at radius 2 is 2.10 bits per heavy atom. The monoisotopic (exact) mass is 289 g/mol. The van der Waals surface area contributed by atoms with Crippen LogP contribution in [0.5, 0.6) is 0 Å². The number of benzene rings is 1. The predicted octanol–water partition coefficient (Wildman–Crippen LogP) is 1.73. The van der Waals surface area contributed by atoms with Crippen molar-refractivity contribution >= 4 is 11.0 Å². The Balaban J connectivity index is 2.01. The molecule has 1 aliphatic rings. The highest BCUT2D eigenvalue weighted by atomic mass is 16.5. The minimum Gasteiger partial charge on any atom is -0.395 e. The smallest absolute Gasteiger partial charge is 0.127 e. The molecular weight excluding hydrogens is 266 g/mol. The largest absolute Gasteiger partial charge is 0.395 e. The van der Waals surface area contributed by atoms with Gasteiger partial charge in [0.1, 0.15) is 5.82 Å². The van der Waals surface area contributed by atoms with Crippen molar-refractivity contribution in [1.29, 1.82) is 0 Å². The lowest BCUT2D eigenvalue weighted by Gasteiger charge is -2.32. The summed E-state index contributed by atoms with van der Waals surface area (Å²) < 4.78 is 7.58. The molecule has 0 aliphatic carbocycles. The number of rotatable bonds is 4. The number of hydrogen-bond acceptors (Lipinski definition) is 4. The van der Waals surface area contributed by atoms with Gasteiger partial charge >= 0.3 is 0 Å². The predicted molar refractivity (Wildman–Crippen MR) is 82.4 cm³/mol. The first-order chi connectivity index (χ1) is 10.2. The van der Waals surface area contributed by atoms with E-state index in [1.54, 1.807) is 0 Å². The SMILES string of the molecule is Cc1ccc2c(c1)nc(C(C)N1CCOCC1)n2CCO. The van der Waals surface area contributed by atoms with E-state index in [4.69, 9.17) is 9.72 Å². The van der Waals surface area contributed by atoms with Gasteiger partial charge in [-0.15, -0.1) is 0 Å². The molecular formula is C16H23N3O2. The molecule has 2 heterocycles. The summed E-state index contributed by atoms with van der Waals surface area (Å²) in [6.45, 7) is 8.41. The molecule has 1 aromatic heterocycles. The van der Waals surface area contributed by atoms with Gasteiger partial charge in [0.25, 0.3) is 0 Å². The molecule has 0 bridgehead atoms. The van der Waals surface area contributed by atoms with Crippen LogP contribution in [0.25, 0.3) is 11.0 Å². The number of imidazole rings is 1. The lowest BCUT2D eigenvalue weighted by molar-refractivity contribution is 0.0175. The number of aliphatic hydroxyl groups excluding tert-OH is 1. The summed E-state index contributed by atoms with van der Waals surface area (Å²) in [4.78, 5) is 7.23.